The lowest BCUT2D eigenvalue weighted by Gasteiger charge is -2.09. The zero-order chi connectivity index (χ0) is 19.1. The van der Waals surface area contributed by atoms with E-state index in [0.717, 1.165) is 11.3 Å². The van der Waals surface area contributed by atoms with E-state index in [4.69, 9.17) is 4.74 Å². The van der Waals surface area contributed by atoms with Crippen LogP contribution in [0.25, 0.3) is 0 Å². The van der Waals surface area contributed by atoms with Gasteiger partial charge in [-0.1, -0.05) is 36.4 Å². The summed E-state index contributed by atoms with van der Waals surface area (Å²) in [6, 6.07) is 23.8. The van der Waals surface area contributed by atoms with E-state index in [9.17, 15) is 9.59 Å². The molecular formula is C22H20N2O3. The summed E-state index contributed by atoms with van der Waals surface area (Å²) < 4.78 is 5.76. The molecule has 0 aliphatic rings. The Labute approximate surface area is 158 Å². The fraction of sp³-hybridized carbons (Fsp3) is 0.0909. The van der Waals surface area contributed by atoms with Gasteiger partial charge in [0.1, 0.15) is 12.4 Å². The molecular weight excluding hydrogens is 340 g/mol. The minimum Gasteiger partial charge on any atom is -0.489 e. The van der Waals surface area contributed by atoms with Gasteiger partial charge in [-0.3, -0.25) is 9.59 Å². The highest BCUT2D eigenvalue weighted by Gasteiger charge is 2.06. The van der Waals surface area contributed by atoms with Crippen molar-refractivity contribution >= 4 is 23.2 Å². The second-order valence-corrected chi connectivity index (χ2v) is 6.01. The van der Waals surface area contributed by atoms with Gasteiger partial charge in [-0.2, -0.15) is 0 Å². The normalized spacial score (nSPS) is 10.1. The van der Waals surface area contributed by atoms with E-state index in [1.54, 1.807) is 24.3 Å². The third kappa shape index (κ3) is 5.44. The van der Waals surface area contributed by atoms with Crippen LogP contribution in [0.5, 0.6) is 5.75 Å². The molecule has 0 unspecified atom stereocenters. The van der Waals surface area contributed by atoms with Crippen LogP contribution >= 0.6 is 0 Å². The van der Waals surface area contributed by atoms with Gasteiger partial charge in [-0.15, -0.1) is 0 Å². The van der Waals surface area contributed by atoms with Crippen LogP contribution in [0.15, 0.2) is 78.9 Å². The van der Waals surface area contributed by atoms with Crippen LogP contribution < -0.4 is 15.4 Å². The van der Waals surface area contributed by atoms with Crippen molar-refractivity contribution in [2.45, 2.75) is 13.5 Å². The Kier molecular flexibility index (Phi) is 5.84. The van der Waals surface area contributed by atoms with Crippen LogP contribution in [0.4, 0.5) is 11.4 Å². The molecule has 0 aromatic heterocycles. The van der Waals surface area contributed by atoms with Crippen molar-refractivity contribution in [3.8, 4) is 5.75 Å². The lowest BCUT2D eigenvalue weighted by atomic mass is 10.1. The molecule has 3 aromatic rings. The summed E-state index contributed by atoms with van der Waals surface area (Å²) in [5, 5.41) is 5.57. The quantitative estimate of drug-likeness (QED) is 0.681. The average molecular weight is 360 g/mol. The molecule has 0 aliphatic heterocycles. The number of para-hydroxylation sites is 1. The standard InChI is InChI=1S/C22H20N2O3/c1-16(25)23-20-8-5-9-21(14-20)27-15-17-10-12-18(13-11-17)22(26)24-19-6-3-2-4-7-19/h2-14H,15H2,1H3,(H,23,25)(H,24,26). The lowest BCUT2D eigenvalue weighted by molar-refractivity contribution is -0.114. The predicted octanol–water partition coefficient (Wildman–Crippen LogP) is 4.48. The van der Waals surface area contributed by atoms with Crippen molar-refractivity contribution in [3.63, 3.8) is 0 Å². The second kappa shape index (κ2) is 8.67. The second-order valence-electron chi connectivity index (χ2n) is 6.01. The van der Waals surface area contributed by atoms with Gasteiger partial charge in [0, 0.05) is 29.9 Å². The van der Waals surface area contributed by atoms with Crippen LogP contribution in [0.1, 0.15) is 22.8 Å². The molecule has 2 N–H and O–H groups in total. The molecule has 0 atom stereocenters. The van der Waals surface area contributed by atoms with Crippen molar-refractivity contribution < 1.29 is 14.3 Å². The zero-order valence-corrected chi connectivity index (χ0v) is 14.9. The Bertz CT molecular complexity index is 922. The number of nitrogens with one attached hydrogen (secondary N) is 2. The first kappa shape index (κ1) is 18.2. The molecule has 0 spiro atoms. The molecule has 2 amide bonds. The molecule has 0 fully saturated rings. The zero-order valence-electron chi connectivity index (χ0n) is 14.9. The molecule has 0 saturated heterocycles. The van der Waals surface area contributed by atoms with E-state index < -0.39 is 0 Å². The van der Waals surface area contributed by atoms with Crippen molar-refractivity contribution in [2.24, 2.45) is 0 Å². The maximum absolute atomic E-state index is 12.3. The van der Waals surface area contributed by atoms with Gasteiger partial charge in [0.2, 0.25) is 5.91 Å². The number of amides is 2. The topological polar surface area (TPSA) is 67.4 Å². The molecule has 136 valence electrons. The van der Waals surface area contributed by atoms with Gasteiger partial charge in [0.25, 0.3) is 5.91 Å². The Morgan fingerprint density at radius 3 is 2.22 bits per heavy atom. The van der Waals surface area contributed by atoms with Crippen LogP contribution in [0, 0.1) is 0 Å². The highest BCUT2D eigenvalue weighted by atomic mass is 16.5. The van der Waals surface area contributed by atoms with E-state index in [-0.39, 0.29) is 11.8 Å². The smallest absolute Gasteiger partial charge is 0.255 e. The maximum atomic E-state index is 12.3. The van der Waals surface area contributed by atoms with E-state index >= 15 is 0 Å². The summed E-state index contributed by atoms with van der Waals surface area (Å²) in [7, 11) is 0. The minimum atomic E-state index is -0.156. The highest BCUT2D eigenvalue weighted by molar-refractivity contribution is 6.04. The average Bonchev–Trinajstić information content (AvgIpc) is 2.67. The first-order valence-corrected chi connectivity index (χ1v) is 8.56. The number of hydrogen-bond acceptors (Lipinski definition) is 3. The molecule has 5 heteroatoms. The Hall–Kier alpha value is -3.60. The largest absolute Gasteiger partial charge is 0.489 e. The predicted molar refractivity (Wildman–Crippen MR) is 106 cm³/mol. The molecule has 3 rings (SSSR count). The summed E-state index contributed by atoms with van der Waals surface area (Å²) in [5.41, 5.74) is 2.97. The Morgan fingerprint density at radius 1 is 0.815 bits per heavy atom. The van der Waals surface area contributed by atoms with Gasteiger partial charge in [-0.25, -0.2) is 0 Å². The highest BCUT2D eigenvalue weighted by Crippen LogP contribution is 2.19. The molecule has 5 nitrogen and oxygen atoms in total. The van der Waals surface area contributed by atoms with Crippen LogP contribution in [-0.4, -0.2) is 11.8 Å². The molecule has 27 heavy (non-hydrogen) atoms. The third-order valence-electron chi connectivity index (χ3n) is 3.81. The van der Waals surface area contributed by atoms with Gasteiger partial charge in [0.15, 0.2) is 0 Å². The number of anilines is 2. The van der Waals surface area contributed by atoms with E-state index in [1.165, 1.54) is 6.92 Å². The molecule has 0 radical (unpaired) electrons. The minimum absolute atomic E-state index is 0.128. The number of benzene rings is 3. The number of carbonyl (C=O) groups excluding carboxylic acids is 2. The molecule has 0 aliphatic carbocycles. The van der Waals surface area contributed by atoms with E-state index in [0.29, 0.717) is 23.6 Å². The van der Waals surface area contributed by atoms with Crippen molar-refractivity contribution in [2.75, 3.05) is 10.6 Å². The van der Waals surface area contributed by atoms with Crippen LogP contribution in [0.2, 0.25) is 0 Å². The Balaban J connectivity index is 1.58. The maximum Gasteiger partial charge on any atom is 0.255 e. The number of carbonyl (C=O) groups is 2. The van der Waals surface area contributed by atoms with Gasteiger partial charge < -0.3 is 15.4 Å². The molecule has 0 bridgehead atoms. The summed E-state index contributed by atoms with van der Waals surface area (Å²) in [5.74, 6) is 0.375. The third-order valence-corrected chi connectivity index (χ3v) is 3.81. The molecule has 0 saturated carbocycles. The fourth-order valence-corrected chi connectivity index (χ4v) is 2.51. The lowest BCUT2D eigenvalue weighted by Crippen LogP contribution is -2.11. The number of hydrogen-bond donors (Lipinski definition) is 2. The van der Waals surface area contributed by atoms with Crippen LogP contribution in [-0.2, 0) is 11.4 Å². The molecule has 0 heterocycles. The van der Waals surface area contributed by atoms with Crippen molar-refractivity contribution in [3.05, 3.63) is 90.0 Å². The van der Waals surface area contributed by atoms with Gasteiger partial charge >= 0.3 is 0 Å². The summed E-state index contributed by atoms with van der Waals surface area (Å²) in [6.07, 6.45) is 0. The number of rotatable bonds is 6. The van der Waals surface area contributed by atoms with Crippen LogP contribution in [0.3, 0.4) is 0 Å². The van der Waals surface area contributed by atoms with Crippen molar-refractivity contribution in [1.29, 1.82) is 0 Å². The SMILES string of the molecule is CC(=O)Nc1cccc(OCc2ccc(C(=O)Nc3ccccc3)cc2)c1. The van der Waals surface area contributed by atoms with E-state index in [2.05, 4.69) is 10.6 Å². The summed E-state index contributed by atoms with van der Waals surface area (Å²) in [4.78, 5) is 23.4. The Morgan fingerprint density at radius 2 is 1.52 bits per heavy atom. The summed E-state index contributed by atoms with van der Waals surface area (Å²) in [6.45, 7) is 1.83. The van der Waals surface area contributed by atoms with Gasteiger partial charge in [0.05, 0.1) is 0 Å². The van der Waals surface area contributed by atoms with Crippen molar-refractivity contribution in [1.82, 2.24) is 0 Å². The number of ether oxygens (including phenoxy) is 1. The van der Waals surface area contributed by atoms with Gasteiger partial charge in [-0.05, 0) is 42.0 Å². The monoisotopic (exact) mass is 360 g/mol. The molecule has 3 aromatic carbocycles. The fourth-order valence-electron chi connectivity index (χ4n) is 2.51. The van der Waals surface area contributed by atoms with E-state index in [1.807, 2.05) is 54.6 Å². The first-order valence-electron chi connectivity index (χ1n) is 8.56. The summed E-state index contributed by atoms with van der Waals surface area (Å²) >= 11 is 0. The first-order chi connectivity index (χ1) is 13.1.